The van der Waals surface area contributed by atoms with Gasteiger partial charge in [0.2, 0.25) is 5.13 Å². The molecule has 0 spiro atoms. The summed E-state index contributed by atoms with van der Waals surface area (Å²) >= 11 is 1.74. The number of carboxylic acid groups (broad SMARTS) is 1. The van der Waals surface area contributed by atoms with E-state index in [4.69, 9.17) is 5.11 Å². The molecule has 0 bridgehead atoms. The van der Waals surface area contributed by atoms with Crippen molar-refractivity contribution in [3.8, 4) is 0 Å². The predicted molar refractivity (Wildman–Crippen MR) is 66.7 cm³/mol. The van der Waals surface area contributed by atoms with Crippen LogP contribution in [0, 0.1) is 6.92 Å². The highest BCUT2D eigenvalue weighted by atomic mass is 32.2. The summed E-state index contributed by atoms with van der Waals surface area (Å²) in [7, 11) is -3.94. The number of hydrogen-bond donors (Lipinski definition) is 2. The first-order valence-corrected chi connectivity index (χ1v) is 7.67. The molecule has 0 saturated carbocycles. The van der Waals surface area contributed by atoms with E-state index in [1.165, 1.54) is 11.4 Å². The molecule has 0 fully saturated rings. The monoisotopic (exact) mass is 305 g/mol. The highest BCUT2D eigenvalue weighted by Crippen LogP contribution is 2.24. The van der Waals surface area contributed by atoms with E-state index in [1.54, 1.807) is 6.92 Å². The lowest BCUT2D eigenvalue weighted by atomic mass is 10.5. The van der Waals surface area contributed by atoms with Crippen molar-refractivity contribution in [2.75, 3.05) is 4.72 Å². The smallest absolute Gasteiger partial charge is 0.347 e. The van der Waals surface area contributed by atoms with Gasteiger partial charge in [0, 0.05) is 11.5 Å². The first kappa shape index (κ1) is 12.9. The normalized spacial score (nSPS) is 11.4. The van der Waals surface area contributed by atoms with Crippen LogP contribution >= 0.6 is 22.9 Å². The minimum Gasteiger partial charge on any atom is -0.477 e. The van der Waals surface area contributed by atoms with E-state index in [9.17, 15) is 13.2 Å². The molecule has 0 unspecified atom stereocenters. The summed E-state index contributed by atoms with van der Waals surface area (Å²) in [6, 6.07) is 1.24. The van der Waals surface area contributed by atoms with Crippen molar-refractivity contribution >= 4 is 44.0 Å². The van der Waals surface area contributed by atoms with E-state index in [0.29, 0.717) is 5.82 Å². The van der Waals surface area contributed by atoms with Crippen LogP contribution in [0.3, 0.4) is 0 Å². The van der Waals surface area contributed by atoms with Gasteiger partial charge in [-0.05, 0) is 18.4 Å². The second-order valence-electron chi connectivity index (χ2n) is 3.17. The summed E-state index contributed by atoms with van der Waals surface area (Å²) in [5.41, 5.74) is 0. The molecular formula is C8H7N3O4S3. The largest absolute Gasteiger partial charge is 0.477 e. The molecule has 2 aromatic rings. The lowest BCUT2D eigenvalue weighted by molar-refractivity contribution is 0.0698. The van der Waals surface area contributed by atoms with Crippen LogP contribution < -0.4 is 4.72 Å². The lowest BCUT2D eigenvalue weighted by Gasteiger charge is -2.03. The summed E-state index contributed by atoms with van der Waals surface area (Å²) in [5, 5.41) is 10.4. The quantitative estimate of drug-likeness (QED) is 0.883. The third kappa shape index (κ3) is 2.49. The predicted octanol–water partition coefficient (Wildman–Crippen LogP) is 1.41. The van der Waals surface area contributed by atoms with Gasteiger partial charge < -0.3 is 5.11 Å². The van der Waals surface area contributed by atoms with Crippen molar-refractivity contribution in [1.82, 2.24) is 9.36 Å². The maximum absolute atomic E-state index is 12.0. The molecule has 0 saturated heterocycles. The number of nitrogens with zero attached hydrogens (tertiary/aromatic N) is 2. The lowest BCUT2D eigenvalue weighted by Crippen LogP contribution is -2.15. The highest BCUT2D eigenvalue weighted by Gasteiger charge is 2.24. The second-order valence-corrected chi connectivity index (χ2v) is 6.49. The summed E-state index contributed by atoms with van der Waals surface area (Å²) in [6.45, 7) is 1.63. The number of aromatic nitrogens is 2. The van der Waals surface area contributed by atoms with Crippen molar-refractivity contribution < 1.29 is 18.3 Å². The average molecular weight is 305 g/mol. The number of sulfonamides is 1. The molecule has 18 heavy (non-hydrogen) atoms. The topological polar surface area (TPSA) is 109 Å². The molecule has 2 aromatic heterocycles. The van der Waals surface area contributed by atoms with Gasteiger partial charge in [-0.15, -0.1) is 11.3 Å². The van der Waals surface area contributed by atoms with E-state index in [2.05, 4.69) is 14.1 Å². The number of carbonyl (C=O) groups is 1. The minimum atomic E-state index is -3.94. The Morgan fingerprint density at radius 3 is 2.78 bits per heavy atom. The van der Waals surface area contributed by atoms with Crippen LogP contribution in [0.15, 0.2) is 16.3 Å². The molecule has 0 atom stereocenters. The average Bonchev–Trinajstić information content (AvgIpc) is 2.86. The van der Waals surface area contributed by atoms with Crippen molar-refractivity contribution in [3.63, 3.8) is 0 Å². The summed E-state index contributed by atoms with van der Waals surface area (Å²) in [4.78, 5) is 14.2. The zero-order chi connectivity index (χ0) is 13.3. The maximum Gasteiger partial charge on any atom is 0.347 e. The van der Waals surface area contributed by atoms with Crippen LogP contribution in [0.5, 0.6) is 0 Å². The number of rotatable bonds is 4. The van der Waals surface area contributed by atoms with Crippen LogP contribution in [0.2, 0.25) is 0 Å². The van der Waals surface area contributed by atoms with Gasteiger partial charge in [0.15, 0.2) is 0 Å². The second kappa shape index (κ2) is 4.63. The maximum atomic E-state index is 12.0. The van der Waals surface area contributed by atoms with Crippen molar-refractivity contribution in [3.05, 3.63) is 22.1 Å². The molecular weight excluding hydrogens is 298 g/mol. The fourth-order valence-electron chi connectivity index (χ4n) is 1.17. The molecule has 2 heterocycles. The van der Waals surface area contributed by atoms with Crippen LogP contribution in [-0.4, -0.2) is 28.9 Å². The Bertz CT molecular complexity index is 688. The number of thiophene rings is 1. The number of hydrogen-bond acceptors (Lipinski definition) is 7. The summed E-state index contributed by atoms with van der Waals surface area (Å²) in [5.74, 6) is -0.833. The number of aromatic carboxylic acids is 1. The Balaban J connectivity index is 2.37. The number of anilines is 1. The van der Waals surface area contributed by atoms with Gasteiger partial charge in [-0.1, -0.05) is 0 Å². The van der Waals surface area contributed by atoms with Gasteiger partial charge in [0.05, 0.1) is 0 Å². The van der Waals surface area contributed by atoms with Crippen LogP contribution in [0.1, 0.15) is 15.5 Å². The van der Waals surface area contributed by atoms with Gasteiger partial charge in [0.1, 0.15) is 15.6 Å². The van der Waals surface area contributed by atoms with Crippen LogP contribution in [0.25, 0.3) is 0 Å². The fraction of sp³-hybridized carbons (Fsp3) is 0.125. The standard InChI is InChI=1S/C8H7N3O4S3/c1-4-9-8(17-10-4)11-18(14,15)5-2-3-16-6(5)7(12)13/h2-3H,1H3,(H,12,13)(H,9,10,11). The van der Waals surface area contributed by atoms with E-state index >= 15 is 0 Å². The van der Waals surface area contributed by atoms with Crippen molar-refractivity contribution in [2.24, 2.45) is 0 Å². The third-order valence-corrected chi connectivity index (χ3v) is 5.13. The molecule has 0 radical (unpaired) electrons. The van der Waals surface area contributed by atoms with Gasteiger partial charge in [-0.25, -0.2) is 18.2 Å². The number of aryl methyl sites for hydroxylation is 1. The van der Waals surface area contributed by atoms with Gasteiger partial charge in [-0.2, -0.15) is 4.37 Å². The zero-order valence-electron chi connectivity index (χ0n) is 8.95. The van der Waals surface area contributed by atoms with E-state index < -0.39 is 16.0 Å². The Hall–Kier alpha value is -1.52. The third-order valence-electron chi connectivity index (χ3n) is 1.86. The van der Waals surface area contributed by atoms with Gasteiger partial charge in [-0.3, -0.25) is 4.72 Å². The molecule has 0 aromatic carbocycles. The molecule has 10 heteroatoms. The first-order chi connectivity index (χ1) is 8.40. The minimum absolute atomic E-state index is 0.107. The first-order valence-electron chi connectivity index (χ1n) is 4.54. The molecule has 0 amide bonds. The Kier molecular flexibility index (Phi) is 3.32. The molecule has 0 aliphatic carbocycles. The van der Waals surface area contributed by atoms with Crippen LogP contribution in [-0.2, 0) is 10.0 Å². The van der Waals surface area contributed by atoms with Crippen LogP contribution in [0.4, 0.5) is 5.13 Å². The van der Waals surface area contributed by atoms with E-state index in [1.807, 2.05) is 0 Å². The Morgan fingerprint density at radius 1 is 1.50 bits per heavy atom. The van der Waals surface area contributed by atoms with Gasteiger partial charge >= 0.3 is 5.97 Å². The molecule has 0 aliphatic heterocycles. The van der Waals surface area contributed by atoms with E-state index in [0.717, 1.165) is 22.9 Å². The SMILES string of the molecule is Cc1nsc(NS(=O)(=O)c2ccsc2C(=O)O)n1. The Labute approximate surface area is 110 Å². The van der Waals surface area contributed by atoms with Gasteiger partial charge in [0.25, 0.3) is 10.0 Å². The molecule has 2 N–H and O–H groups in total. The zero-order valence-corrected chi connectivity index (χ0v) is 11.4. The molecule has 0 aliphatic rings. The number of carboxylic acids is 1. The Morgan fingerprint density at radius 2 is 2.22 bits per heavy atom. The highest BCUT2D eigenvalue weighted by molar-refractivity contribution is 7.93. The molecule has 96 valence electrons. The molecule has 2 rings (SSSR count). The van der Waals surface area contributed by atoms with E-state index in [-0.39, 0.29) is 14.9 Å². The summed E-state index contributed by atoms with van der Waals surface area (Å²) in [6.07, 6.45) is 0. The number of nitrogens with one attached hydrogen (secondary N) is 1. The van der Waals surface area contributed by atoms with Crippen molar-refractivity contribution in [1.29, 1.82) is 0 Å². The molecule has 7 nitrogen and oxygen atoms in total. The van der Waals surface area contributed by atoms with Crippen molar-refractivity contribution in [2.45, 2.75) is 11.8 Å². The fourth-order valence-corrected chi connectivity index (χ4v) is 4.23. The summed E-state index contributed by atoms with van der Waals surface area (Å²) < 4.78 is 30.0.